The van der Waals surface area contributed by atoms with Crippen LogP contribution in [0.2, 0.25) is 0 Å². The van der Waals surface area contributed by atoms with Gasteiger partial charge in [0.15, 0.2) is 11.5 Å². The normalized spacial score (nSPS) is 19.0. The molecular formula is C17H21N7. The standard InChI is InChI=1S/C17H21N7/c1-2-12(1)15-10-20-16(17-19-7-8-23(15)17)22-13-9-21-24(11-13)14-3-5-18-6-4-14/h7-12,14,18H,1-6H2,(H,20,22). The molecule has 0 radical (unpaired) electrons. The van der Waals surface area contributed by atoms with E-state index in [2.05, 4.69) is 41.0 Å². The summed E-state index contributed by atoms with van der Waals surface area (Å²) in [6.45, 7) is 2.12. The molecule has 0 amide bonds. The van der Waals surface area contributed by atoms with E-state index in [1.165, 1.54) is 18.5 Å². The van der Waals surface area contributed by atoms with Gasteiger partial charge in [0.1, 0.15) is 0 Å². The molecule has 3 aromatic rings. The largest absolute Gasteiger partial charge is 0.335 e. The number of anilines is 2. The first-order valence-corrected chi connectivity index (χ1v) is 8.72. The van der Waals surface area contributed by atoms with Crippen LogP contribution in [0.15, 0.2) is 31.0 Å². The first-order valence-electron chi connectivity index (χ1n) is 8.72. The van der Waals surface area contributed by atoms with Crippen molar-refractivity contribution < 1.29 is 0 Å². The van der Waals surface area contributed by atoms with Crippen molar-refractivity contribution >= 4 is 17.2 Å². The van der Waals surface area contributed by atoms with Gasteiger partial charge in [-0.1, -0.05) is 0 Å². The van der Waals surface area contributed by atoms with Gasteiger partial charge in [0.05, 0.1) is 17.9 Å². The average Bonchev–Trinajstić information content (AvgIpc) is 3.15. The zero-order chi connectivity index (χ0) is 15.9. The van der Waals surface area contributed by atoms with Crippen LogP contribution >= 0.6 is 0 Å². The van der Waals surface area contributed by atoms with Gasteiger partial charge < -0.3 is 10.6 Å². The summed E-state index contributed by atoms with van der Waals surface area (Å²) >= 11 is 0. The van der Waals surface area contributed by atoms with Gasteiger partial charge in [-0.15, -0.1) is 0 Å². The highest BCUT2D eigenvalue weighted by atomic mass is 15.3. The lowest BCUT2D eigenvalue weighted by Gasteiger charge is -2.22. The lowest BCUT2D eigenvalue weighted by molar-refractivity contribution is 0.343. The van der Waals surface area contributed by atoms with Gasteiger partial charge in [-0.3, -0.25) is 9.08 Å². The van der Waals surface area contributed by atoms with Crippen molar-refractivity contribution in [1.82, 2.24) is 29.5 Å². The minimum absolute atomic E-state index is 0.485. The van der Waals surface area contributed by atoms with Gasteiger partial charge in [0.25, 0.3) is 0 Å². The monoisotopic (exact) mass is 323 g/mol. The third-order valence-corrected chi connectivity index (χ3v) is 5.00. The molecule has 1 saturated carbocycles. The number of aromatic nitrogens is 5. The predicted octanol–water partition coefficient (Wildman–Crippen LogP) is 2.47. The highest BCUT2D eigenvalue weighted by Gasteiger charge is 2.27. The Morgan fingerprint density at radius 2 is 1.96 bits per heavy atom. The molecule has 0 unspecified atom stereocenters. The molecule has 124 valence electrons. The number of nitrogens with zero attached hydrogens (tertiary/aromatic N) is 5. The van der Waals surface area contributed by atoms with Crippen molar-refractivity contribution in [2.45, 2.75) is 37.6 Å². The Bertz CT molecular complexity index is 855. The number of rotatable bonds is 4. The van der Waals surface area contributed by atoms with Gasteiger partial charge >= 0.3 is 0 Å². The molecule has 5 rings (SSSR count). The number of hydrogen-bond acceptors (Lipinski definition) is 5. The summed E-state index contributed by atoms with van der Waals surface area (Å²) in [6, 6.07) is 0.485. The summed E-state index contributed by atoms with van der Waals surface area (Å²) in [5, 5.41) is 11.3. The van der Waals surface area contributed by atoms with Crippen molar-refractivity contribution in [3.05, 3.63) is 36.7 Å². The SMILES string of the molecule is c1cn2c(C3CC3)cnc(Nc3cnn(C4CCNCC4)c3)c2n1. The lowest BCUT2D eigenvalue weighted by Crippen LogP contribution is -2.29. The third-order valence-electron chi connectivity index (χ3n) is 5.00. The molecule has 24 heavy (non-hydrogen) atoms. The second-order valence-corrected chi connectivity index (χ2v) is 6.74. The minimum Gasteiger partial charge on any atom is -0.335 e. The summed E-state index contributed by atoms with van der Waals surface area (Å²) in [7, 11) is 0. The minimum atomic E-state index is 0.485. The van der Waals surface area contributed by atoms with Crippen LogP contribution in [0.3, 0.4) is 0 Å². The summed E-state index contributed by atoms with van der Waals surface area (Å²) in [5.41, 5.74) is 3.11. The molecule has 2 fully saturated rings. The number of piperidine rings is 1. The van der Waals surface area contributed by atoms with E-state index in [1.54, 1.807) is 0 Å². The summed E-state index contributed by atoms with van der Waals surface area (Å²) in [5.74, 6) is 1.43. The van der Waals surface area contributed by atoms with Gasteiger partial charge in [-0.2, -0.15) is 5.10 Å². The molecule has 2 N–H and O–H groups in total. The molecule has 2 aliphatic rings. The van der Waals surface area contributed by atoms with Crippen LogP contribution in [0.25, 0.3) is 5.65 Å². The predicted molar refractivity (Wildman–Crippen MR) is 91.6 cm³/mol. The Morgan fingerprint density at radius 1 is 1.08 bits per heavy atom. The molecule has 0 atom stereocenters. The van der Waals surface area contributed by atoms with Gasteiger partial charge in [-0.05, 0) is 38.8 Å². The van der Waals surface area contributed by atoms with E-state index in [-0.39, 0.29) is 0 Å². The van der Waals surface area contributed by atoms with E-state index >= 15 is 0 Å². The first kappa shape index (κ1) is 14.0. The molecule has 1 aliphatic heterocycles. The maximum absolute atomic E-state index is 4.62. The fourth-order valence-corrected chi connectivity index (χ4v) is 3.52. The quantitative estimate of drug-likeness (QED) is 0.772. The topological polar surface area (TPSA) is 72.1 Å². The zero-order valence-electron chi connectivity index (χ0n) is 13.5. The molecule has 3 aromatic heterocycles. The molecule has 1 saturated heterocycles. The molecule has 0 aromatic carbocycles. The van der Waals surface area contributed by atoms with E-state index in [4.69, 9.17) is 0 Å². The number of fused-ring (bicyclic) bond motifs is 1. The first-order chi connectivity index (χ1) is 11.9. The number of imidazole rings is 1. The van der Waals surface area contributed by atoms with Crippen molar-refractivity contribution in [3.8, 4) is 0 Å². The third kappa shape index (κ3) is 2.45. The summed E-state index contributed by atoms with van der Waals surface area (Å²) in [4.78, 5) is 9.10. The second-order valence-electron chi connectivity index (χ2n) is 6.74. The molecule has 7 heteroatoms. The average molecular weight is 323 g/mol. The molecular weight excluding hydrogens is 302 g/mol. The Hall–Kier alpha value is -2.41. The molecule has 4 heterocycles. The molecule has 7 nitrogen and oxygen atoms in total. The van der Waals surface area contributed by atoms with Crippen molar-refractivity contribution in [2.75, 3.05) is 18.4 Å². The maximum Gasteiger partial charge on any atom is 0.180 e. The maximum atomic E-state index is 4.62. The van der Waals surface area contributed by atoms with E-state index < -0.39 is 0 Å². The molecule has 0 bridgehead atoms. The highest BCUT2D eigenvalue weighted by molar-refractivity contribution is 5.69. The highest BCUT2D eigenvalue weighted by Crippen LogP contribution is 2.40. The van der Waals surface area contributed by atoms with Gasteiger partial charge in [0.2, 0.25) is 0 Å². The molecule has 1 aliphatic carbocycles. The second kappa shape index (κ2) is 5.59. The number of hydrogen-bond donors (Lipinski definition) is 2. The fraction of sp³-hybridized carbons (Fsp3) is 0.471. The van der Waals surface area contributed by atoms with Crippen molar-refractivity contribution in [2.24, 2.45) is 0 Å². The van der Waals surface area contributed by atoms with Gasteiger partial charge in [0, 0.05) is 36.4 Å². The Kier molecular flexibility index (Phi) is 3.26. The van der Waals surface area contributed by atoms with E-state index in [1.807, 2.05) is 24.8 Å². The van der Waals surface area contributed by atoms with Crippen LogP contribution in [0, 0.1) is 0 Å². The number of nitrogens with one attached hydrogen (secondary N) is 2. The Labute approximate surface area is 140 Å². The smallest absolute Gasteiger partial charge is 0.180 e. The van der Waals surface area contributed by atoms with E-state index in [0.29, 0.717) is 12.0 Å². The van der Waals surface area contributed by atoms with E-state index in [0.717, 1.165) is 43.1 Å². The van der Waals surface area contributed by atoms with Crippen LogP contribution in [-0.4, -0.2) is 37.2 Å². The Balaban J connectivity index is 1.42. The van der Waals surface area contributed by atoms with E-state index in [9.17, 15) is 0 Å². The summed E-state index contributed by atoms with van der Waals surface area (Å²) in [6.07, 6.45) is 14.5. The zero-order valence-corrected chi connectivity index (χ0v) is 13.5. The van der Waals surface area contributed by atoms with Crippen LogP contribution in [0.5, 0.6) is 0 Å². The van der Waals surface area contributed by atoms with Crippen molar-refractivity contribution in [3.63, 3.8) is 0 Å². The van der Waals surface area contributed by atoms with Crippen LogP contribution in [0.4, 0.5) is 11.5 Å². The molecule has 0 spiro atoms. The fourth-order valence-electron chi connectivity index (χ4n) is 3.52. The van der Waals surface area contributed by atoms with Crippen LogP contribution in [0.1, 0.15) is 43.3 Å². The van der Waals surface area contributed by atoms with Gasteiger partial charge in [-0.25, -0.2) is 9.97 Å². The lowest BCUT2D eigenvalue weighted by atomic mass is 10.1. The van der Waals surface area contributed by atoms with Crippen molar-refractivity contribution in [1.29, 1.82) is 0 Å². The van der Waals surface area contributed by atoms with Crippen LogP contribution < -0.4 is 10.6 Å². The Morgan fingerprint density at radius 3 is 2.79 bits per heavy atom. The van der Waals surface area contributed by atoms with Crippen LogP contribution in [-0.2, 0) is 0 Å². The summed E-state index contributed by atoms with van der Waals surface area (Å²) < 4.78 is 4.23.